The molecule has 2 atom stereocenters. The van der Waals surface area contributed by atoms with Gasteiger partial charge in [0.25, 0.3) is 0 Å². The Hall–Kier alpha value is -0.530. The fourth-order valence-corrected chi connectivity index (χ4v) is 4.39. The number of sulfone groups is 1. The van der Waals surface area contributed by atoms with Crippen molar-refractivity contribution in [2.24, 2.45) is 0 Å². The molecule has 0 aromatic heterocycles. The zero-order valence-electron chi connectivity index (χ0n) is 9.20. The summed E-state index contributed by atoms with van der Waals surface area (Å²) in [6.07, 6.45) is 9.18. The summed E-state index contributed by atoms with van der Waals surface area (Å²) in [4.78, 5) is 0. The van der Waals surface area contributed by atoms with E-state index in [-0.39, 0.29) is 11.3 Å². The molecule has 0 spiro atoms. The van der Waals surface area contributed by atoms with E-state index >= 15 is 0 Å². The number of terminal acetylenes is 1. The lowest BCUT2D eigenvalue weighted by molar-refractivity contribution is 0.442. The highest BCUT2D eigenvalue weighted by atomic mass is 32.2. The second kappa shape index (κ2) is 5.53. The molecule has 86 valence electrons. The van der Waals surface area contributed by atoms with Crippen LogP contribution in [0.3, 0.4) is 0 Å². The largest absolute Gasteiger partial charge is 0.316 e. The molecule has 1 aliphatic heterocycles. The first-order valence-electron chi connectivity index (χ1n) is 5.44. The third-order valence-corrected chi connectivity index (χ3v) is 5.39. The van der Waals surface area contributed by atoms with Gasteiger partial charge >= 0.3 is 0 Å². The van der Waals surface area contributed by atoms with Gasteiger partial charge in [-0.2, -0.15) is 0 Å². The van der Waals surface area contributed by atoms with Gasteiger partial charge in [-0.15, -0.1) is 12.3 Å². The van der Waals surface area contributed by atoms with E-state index in [1.54, 1.807) is 0 Å². The Kier molecular flexibility index (Phi) is 4.62. The van der Waals surface area contributed by atoms with Crippen LogP contribution in [-0.4, -0.2) is 32.5 Å². The minimum atomic E-state index is -2.90. The molecule has 1 saturated heterocycles. The molecule has 1 heterocycles. The average Bonchev–Trinajstić information content (AvgIpc) is 2.20. The number of hydrogen-bond donors (Lipinski definition) is 1. The minimum absolute atomic E-state index is 0.0198. The van der Waals surface area contributed by atoms with Gasteiger partial charge in [-0.25, -0.2) is 8.42 Å². The summed E-state index contributed by atoms with van der Waals surface area (Å²) >= 11 is 0. The molecule has 0 aromatic rings. The lowest BCUT2D eigenvalue weighted by Crippen LogP contribution is -2.45. The van der Waals surface area contributed by atoms with Gasteiger partial charge in [0.05, 0.1) is 11.0 Å². The van der Waals surface area contributed by atoms with Crippen molar-refractivity contribution in [2.75, 3.05) is 12.8 Å². The first kappa shape index (κ1) is 12.5. The van der Waals surface area contributed by atoms with Gasteiger partial charge in [0, 0.05) is 12.5 Å². The molecule has 0 aromatic carbocycles. The van der Waals surface area contributed by atoms with E-state index in [4.69, 9.17) is 6.42 Å². The van der Waals surface area contributed by atoms with Gasteiger partial charge in [0.1, 0.15) is 0 Å². The first-order chi connectivity index (χ1) is 7.11. The molecule has 0 aliphatic carbocycles. The molecule has 4 heteroatoms. The Morgan fingerprint density at radius 3 is 2.80 bits per heavy atom. The van der Waals surface area contributed by atoms with Gasteiger partial charge in [0.15, 0.2) is 9.84 Å². The maximum atomic E-state index is 11.9. The van der Waals surface area contributed by atoms with Crippen molar-refractivity contribution in [3.8, 4) is 12.3 Å². The summed E-state index contributed by atoms with van der Waals surface area (Å²) in [6, 6.07) is 0.0198. The lowest BCUT2D eigenvalue weighted by atomic mass is 10.0. The molecule has 15 heavy (non-hydrogen) atoms. The topological polar surface area (TPSA) is 46.2 Å². The Balaban J connectivity index is 2.69. The number of hydrogen-bond acceptors (Lipinski definition) is 3. The molecule has 3 nitrogen and oxygen atoms in total. The molecule has 1 aliphatic rings. The van der Waals surface area contributed by atoms with E-state index in [2.05, 4.69) is 11.2 Å². The van der Waals surface area contributed by atoms with Crippen LogP contribution >= 0.6 is 0 Å². The van der Waals surface area contributed by atoms with E-state index in [1.807, 2.05) is 7.05 Å². The molecular weight excluding hydrogens is 210 g/mol. The summed E-state index contributed by atoms with van der Waals surface area (Å²) in [5, 5.41) is 2.86. The average molecular weight is 229 g/mol. The van der Waals surface area contributed by atoms with Crippen molar-refractivity contribution in [1.29, 1.82) is 0 Å². The molecule has 0 bridgehead atoms. The number of nitrogens with one attached hydrogen (secondary N) is 1. The Labute approximate surface area is 92.6 Å². The Morgan fingerprint density at radius 1 is 1.53 bits per heavy atom. The van der Waals surface area contributed by atoms with Gasteiger partial charge in [0.2, 0.25) is 0 Å². The SMILES string of the molecule is C#CCCC(NC)C1CCCCS1(=O)=O. The normalized spacial score (nSPS) is 26.8. The van der Waals surface area contributed by atoms with E-state index in [1.165, 1.54) is 0 Å². The molecular formula is C11H19NO2S. The van der Waals surface area contributed by atoms with Gasteiger partial charge in [-0.1, -0.05) is 6.42 Å². The van der Waals surface area contributed by atoms with Crippen LogP contribution in [0.15, 0.2) is 0 Å². The third kappa shape index (κ3) is 3.22. The van der Waals surface area contributed by atoms with E-state index in [0.717, 1.165) is 25.7 Å². The van der Waals surface area contributed by atoms with Crippen molar-refractivity contribution in [3.05, 3.63) is 0 Å². The fraction of sp³-hybridized carbons (Fsp3) is 0.818. The molecule has 1 N–H and O–H groups in total. The summed E-state index contributed by atoms with van der Waals surface area (Å²) in [7, 11) is -1.09. The standard InChI is InChI=1S/C11H19NO2S/c1-3-4-7-10(12-2)11-8-5-6-9-15(11,13)14/h1,10-12H,4-9H2,2H3. The van der Waals surface area contributed by atoms with E-state index in [9.17, 15) is 8.42 Å². The predicted molar refractivity (Wildman–Crippen MR) is 62.3 cm³/mol. The highest BCUT2D eigenvalue weighted by Crippen LogP contribution is 2.24. The predicted octanol–water partition coefficient (Wildman–Crippen LogP) is 0.955. The smallest absolute Gasteiger partial charge is 0.154 e. The maximum absolute atomic E-state index is 11.9. The minimum Gasteiger partial charge on any atom is -0.316 e. The molecule has 0 amide bonds. The molecule has 0 saturated carbocycles. The lowest BCUT2D eigenvalue weighted by Gasteiger charge is -2.29. The Morgan fingerprint density at radius 2 is 2.27 bits per heavy atom. The van der Waals surface area contributed by atoms with Crippen LogP contribution in [0.2, 0.25) is 0 Å². The zero-order valence-corrected chi connectivity index (χ0v) is 10.0. The highest BCUT2D eigenvalue weighted by Gasteiger charge is 2.34. The number of rotatable bonds is 4. The second-order valence-corrected chi connectivity index (χ2v) is 6.38. The summed E-state index contributed by atoms with van der Waals surface area (Å²) in [5.74, 6) is 2.90. The molecule has 0 radical (unpaired) electrons. The zero-order chi connectivity index (χ0) is 11.3. The van der Waals surface area contributed by atoms with Crippen LogP contribution < -0.4 is 5.32 Å². The highest BCUT2D eigenvalue weighted by molar-refractivity contribution is 7.92. The molecule has 1 fully saturated rings. The summed E-state index contributed by atoms with van der Waals surface area (Å²) in [5.41, 5.74) is 0. The first-order valence-corrected chi connectivity index (χ1v) is 7.15. The molecule has 1 rings (SSSR count). The van der Waals surface area contributed by atoms with Crippen LogP contribution in [0.4, 0.5) is 0 Å². The van der Waals surface area contributed by atoms with Crippen LogP contribution in [0.25, 0.3) is 0 Å². The van der Waals surface area contributed by atoms with Gasteiger partial charge in [-0.05, 0) is 26.3 Å². The van der Waals surface area contributed by atoms with E-state index < -0.39 is 9.84 Å². The van der Waals surface area contributed by atoms with Crippen molar-refractivity contribution >= 4 is 9.84 Å². The second-order valence-electron chi connectivity index (χ2n) is 4.04. The van der Waals surface area contributed by atoms with Crippen molar-refractivity contribution in [3.63, 3.8) is 0 Å². The van der Waals surface area contributed by atoms with Crippen LogP contribution in [0.5, 0.6) is 0 Å². The maximum Gasteiger partial charge on any atom is 0.154 e. The van der Waals surface area contributed by atoms with Gasteiger partial charge in [-0.3, -0.25) is 0 Å². The van der Waals surface area contributed by atoms with Crippen LogP contribution in [0.1, 0.15) is 32.1 Å². The van der Waals surface area contributed by atoms with Crippen LogP contribution in [-0.2, 0) is 9.84 Å². The van der Waals surface area contributed by atoms with Gasteiger partial charge < -0.3 is 5.32 Å². The summed E-state index contributed by atoms with van der Waals surface area (Å²) in [6.45, 7) is 0. The summed E-state index contributed by atoms with van der Waals surface area (Å²) < 4.78 is 23.7. The van der Waals surface area contributed by atoms with Crippen LogP contribution in [0, 0.1) is 12.3 Å². The van der Waals surface area contributed by atoms with Crippen molar-refractivity contribution < 1.29 is 8.42 Å². The third-order valence-electron chi connectivity index (χ3n) is 3.05. The van der Waals surface area contributed by atoms with Crippen molar-refractivity contribution in [2.45, 2.75) is 43.4 Å². The Bertz CT molecular complexity index is 329. The monoisotopic (exact) mass is 229 g/mol. The van der Waals surface area contributed by atoms with Crippen molar-refractivity contribution in [1.82, 2.24) is 5.32 Å². The van der Waals surface area contributed by atoms with E-state index in [0.29, 0.717) is 12.2 Å². The molecule has 2 unspecified atom stereocenters. The quantitative estimate of drug-likeness (QED) is 0.730. The fourth-order valence-electron chi connectivity index (χ4n) is 2.19.